The van der Waals surface area contributed by atoms with Gasteiger partial charge in [0.05, 0.1) is 5.52 Å². The lowest BCUT2D eigenvalue weighted by atomic mass is 10.0. The third kappa shape index (κ3) is 3.52. The molecule has 1 amide bonds. The van der Waals surface area contributed by atoms with Crippen molar-refractivity contribution in [1.82, 2.24) is 15.3 Å². The summed E-state index contributed by atoms with van der Waals surface area (Å²) < 4.78 is 1.02. The molecule has 3 aromatic rings. The van der Waals surface area contributed by atoms with E-state index in [-0.39, 0.29) is 11.9 Å². The summed E-state index contributed by atoms with van der Waals surface area (Å²) in [6.07, 6.45) is 3.45. The molecule has 128 valence electrons. The van der Waals surface area contributed by atoms with E-state index in [2.05, 4.69) is 42.2 Å². The van der Waals surface area contributed by atoms with Crippen molar-refractivity contribution in [2.45, 2.75) is 18.9 Å². The molecule has 3 heterocycles. The maximum atomic E-state index is 12.2. The van der Waals surface area contributed by atoms with Crippen molar-refractivity contribution in [1.29, 1.82) is 0 Å². The third-order valence-corrected chi connectivity index (χ3v) is 5.67. The number of carbonyl (C=O) groups is 1. The molecule has 1 aliphatic heterocycles. The van der Waals surface area contributed by atoms with Gasteiger partial charge in [-0.05, 0) is 42.5 Å². The van der Waals surface area contributed by atoms with Gasteiger partial charge < -0.3 is 10.2 Å². The zero-order valence-corrected chi connectivity index (χ0v) is 15.9. The number of nitrogens with one attached hydrogen (secondary N) is 1. The Hall–Kier alpha value is -1.99. The number of nitrogens with zero attached hydrogens (tertiary/aromatic N) is 3. The normalized spacial score (nSPS) is 15.5. The predicted molar refractivity (Wildman–Crippen MR) is 104 cm³/mol. The quantitative estimate of drug-likeness (QED) is 0.704. The van der Waals surface area contributed by atoms with Gasteiger partial charge in [-0.25, -0.2) is 9.97 Å². The highest BCUT2D eigenvalue weighted by Gasteiger charge is 2.23. The Morgan fingerprint density at radius 2 is 2.08 bits per heavy atom. The van der Waals surface area contributed by atoms with Gasteiger partial charge in [-0.15, -0.1) is 0 Å². The van der Waals surface area contributed by atoms with Crippen molar-refractivity contribution < 1.29 is 4.79 Å². The van der Waals surface area contributed by atoms with Gasteiger partial charge in [0.15, 0.2) is 0 Å². The molecule has 25 heavy (non-hydrogen) atoms. The molecule has 1 aromatic carbocycles. The summed E-state index contributed by atoms with van der Waals surface area (Å²) in [4.78, 5) is 23.3. The molecule has 0 spiro atoms. The Kier molecular flexibility index (Phi) is 4.67. The van der Waals surface area contributed by atoms with Crippen molar-refractivity contribution in [3.63, 3.8) is 0 Å². The number of halogens is 1. The first-order valence-corrected chi connectivity index (χ1v) is 9.92. The van der Waals surface area contributed by atoms with E-state index in [1.54, 1.807) is 17.7 Å². The highest BCUT2D eigenvalue weighted by Crippen LogP contribution is 2.28. The molecule has 7 heteroatoms. The second kappa shape index (κ2) is 7.09. The summed E-state index contributed by atoms with van der Waals surface area (Å²) in [6, 6.07) is 8.13. The van der Waals surface area contributed by atoms with Crippen LogP contribution in [0.15, 0.2) is 45.8 Å². The monoisotopic (exact) mass is 416 g/mol. The summed E-state index contributed by atoms with van der Waals surface area (Å²) in [7, 11) is 0. The molecule has 2 aromatic heterocycles. The molecule has 0 atom stereocenters. The molecule has 1 N–H and O–H groups in total. The minimum atomic E-state index is 0.0242. The van der Waals surface area contributed by atoms with Crippen LogP contribution >= 0.6 is 27.3 Å². The van der Waals surface area contributed by atoms with E-state index in [0.717, 1.165) is 52.7 Å². The maximum Gasteiger partial charge on any atom is 0.252 e. The van der Waals surface area contributed by atoms with Crippen LogP contribution in [0.3, 0.4) is 0 Å². The molecule has 0 radical (unpaired) electrons. The maximum absolute atomic E-state index is 12.2. The van der Waals surface area contributed by atoms with Gasteiger partial charge in [-0.1, -0.05) is 15.9 Å². The number of aromatic nitrogens is 2. The highest BCUT2D eigenvalue weighted by atomic mass is 79.9. The standard InChI is InChI=1S/C18H17BrN4OS/c19-13-1-2-16-15(9-13)17(21-11-20-16)23-6-3-14(4-7-23)22-18(24)12-5-8-25-10-12/h1-2,5,8-11,14H,3-4,6-7H2,(H,22,24). The Morgan fingerprint density at radius 1 is 1.24 bits per heavy atom. The van der Waals surface area contributed by atoms with Crippen LogP contribution in [0.4, 0.5) is 5.82 Å². The van der Waals surface area contributed by atoms with E-state index in [0.29, 0.717) is 0 Å². The lowest BCUT2D eigenvalue weighted by Crippen LogP contribution is -2.45. The smallest absolute Gasteiger partial charge is 0.252 e. The zero-order chi connectivity index (χ0) is 17.2. The van der Waals surface area contributed by atoms with Crippen LogP contribution in [0, 0.1) is 0 Å². The van der Waals surface area contributed by atoms with Crippen molar-refractivity contribution in [2.24, 2.45) is 0 Å². The first kappa shape index (κ1) is 16.5. The number of anilines is 1. The number of rotatable bonds is 3. The fourth-order valence-electron chi connectivity index (χ4n) is 3.17. The van der Waals surface area contributed by atoms with E-state index in [4.69, 9.17) is 0 Å². The number of amides is 1. The predicted octanol–water partition coefficient (Wildman–Crippen LogP) is 3.85. The van der Waals surface area contributed by atoms with Crippen LogP contribution in [-0.4, -0.2) is 35.0 Å². The van der Waals surface area contributed by atoms with Crippen molar-refractivity contribution >= 4 is 49.9 Å². The second-order valence-electron chi connectivity index (χ2n) is 6.11. The number of hydrogen-bond acceptors (Lipinski definition) is 5. The fourth-order valence-corrected chi connectivity index (χ4v) is 4.16. The summed E-state index contributed by atoms with van der Waals surface area (Å²) in [5.74, 6) is 0.991. The molecular formula is C18H17BrN4OS. The molecule has 0 unspecified atom stereocenters. The molecular weight excluding hydrogens is 400 g/mol. The number of benzene rings is 1. The fraction of sp³-hybridized carbons (Fsp3) is 0.278. The Morgan fingerprint density at radius 3 is 2.84 bits per heavy atom. The van der Waals surface area contributed by atoms with E-state index in [9.17, 15) is 4.79 Å². The summed E-state index contributed by atoms with van der Waals surface area (Å²) in [5, 5.41) is 8.00. The van der Waals surface area contributed by atoms with Crippen molar-refractivity contribution in [3.05, 3.63) is 51.4 Å². The molecule has 5 nitrogen and oxygen atoms in total. The SMILES string of the molecule is O=C(NC1CCN(c2ncnc3ccc(Br)cc23)CC1)c1ccsc1. The van der Waals surface area contributed by atoms with E-state index < -0.39 is 0 Å². The van der Waals surface area contributed by atoms with Crippen molar-refractivity contribution in [3.8, 4) is 0 Å². The average Bonchev–Trinajstić information content (AvgIpc) is 3.17. The van der Waals surface area contributed by atoms with Gasteiger partial charge in [0.1, 0.15) is 12.1 Å². The topological polar surface area (TPSA) is 58.1 Å². The third-order valence-electron chi connectivity index (χ3n) is 4.49. The lowest BCUT2D eigenvalue weighted by Gasteiger charge is -2.33. The van der Waals surface area contributed by atoms with Gasteiger partial charge in [0.25, 0.3) is 5.91 Å². The van der Waals surface area contributed by atoms with Crippen LogP contribution < -0.4 is 10.2 Å². The minimum absolute atomic E-state index is 0.0242. The number of fused-ring (bicyclic) bond motifs is 1. The Balaban J connectivity index is 1.45. The first-order chi connectivity index (χ1) is 12.2. The lowest BCUT2D eigenvalue weighted by molar-refractivity contribution is 0.0931. The molecule has 4 rings (SSSR count). The summed E-state index contributed by atoms with van der Waals surface area (Å²) in [6.45, 7) is 1.74. The Labute approximate surface area is 158 Å². The molecule has 1 fully saturated rings. The van der Waals surface area contributed by atoms with Gasteiger partial charge >= 0.3 is 0 Å². The second-order valence-corrected chi connectivity index (χ2v) is 7.80. The summed E-state index contributed by atoms with van der Waals surface area (Å²) >= 11 is 5.07. The van der Waals surface area contributed by atoms with Crippen LogP contribution in [0.5, 0.6) is 0 Å². The average molecular weight is 417 g/mol. The summed E-state index contributed by atoms with van der Waals surface area (Å²) in [5.41, 5.74) is 1.69. The molecule has 1 aliphatic rings. The molecule has 0 saturated carbocycles. The largest absolute Gasteiger partial charge is 0.356 e. The van der Waals surface area contributed by atoms with E-state index in [1.165, 1.54) is 0 Å². The van der Waals surface area contributed by atoms with Crippen LogP contribution in [0.1, 0.15) is 23.2 Å². The zero-order valence-electron chi connectivity index (χ0n) is 13.5. The number of piperidine rings is 1. The van der Waals surface area contributed by atoms with Gasteiger partial charge in [0, 0.05) is 39.9 Å². The van der Waals surface area contributed by atoms with Crippen LogP contribution in [0.2, 0.25) is 0 Å². The van der Waals surface area contributed by atoms with Crippen LogP contribution in [-0.2, 0) is 0 Å². The van der Waals surface area contributed by atoms with Gasteiger partial charge in [0.2, 0.25) is 0 Å². The molecule has 0 aliphatic carbocycles. The van der Waals surface area contributed by atoms with Gasteiger partial charge in [-0.2, -0.15) is 11.3 Å². The highest BCUT2D eigenvalue weighted by molar-refractivity contribution is 9.10. The first-order valence-electron chi connectivity index (χ1n) is 8.19. The number of hydrogen-bond donors (Lipinski definition) is 1. The van der Waals surface area contributed by atoms with Gasteiger partial charge in [-0.3, -0.25) is 4.79 Å². The van der Waals surface area contributed by atoms with E-state index >= 15 is 0 Å². The Bertz CT molecular complexity index is 891. The molecule has 1 saturated heterocycles. The minimum Gasteiger partial charge on any atom is -0.356 e. The van der Waals surface area contributed by atoms with E-state index in [1.807, 2.05) is 29.0 Å². The van der Waals surface area contributed by atoms with Crippen molar-refractivity contribution in [2.75, 3.05) is 18.0 Å². The molecule has 0 bridgehead atoms. The number of thiophene rings is 1. The van der Waals surface area contributed by atoms with Crippen LogP contribution in [0.25, 0.3) is 10.9 Å². The number of carbonyl (C=O) groups excluding carboxylic acids is 1.